The van der Waals surface area contributed by atoms with E-state index >= 15 is 0 Å². The number of nitrogens with zero attached hydrogens (tertiary/aromatic N) is 3. The Morgan fingerprint density at radius 1 is 1.29 bits per heavy atom. The summed E-state index contributed by atoms with van der Waals surface area (Å²) < 4.78 is 1.76. The van der Waals surface area contributed by atoms with E-state index in [-0.39, 0.29) is 24.0 Å². The Morgan fingerprint density at radius 2 is 2.04 bits per heavy atom. The van der Waals surface area contributed by atoms with Crippen LogP contribution >= 0.6 is 0 Å². The van der Waals surface area contributed by atoms with Gasteiger partial charge in [-0.25, -0.2) is 4.79 Å². The van der Waals surface area contributed by atoms with Crippen LogP contribution in [0.15, 0.2) is 24.5 Å². The molecular formula is C16H20N6O2. The lowest BCUT2D eigenvalue weighted by Gasteiger charge is -2.18. The lowest BCUT2D eigenvalue weighted by Crippen LogP contribution is -2.39. The summed E-state index contributed by atoms with van der Waals surface area (Å²) in [6.45, 7) is 3.75. The maximum atomic E-state index is 12.2. The second kappa shape index (κ2) is 6.31. The third-order valence-electron chi connectivity index (χ3n) is 4.08. The van der Waals surface area contributed by atoms with Crippen LogP contribution in [0.2, 0.25) is 0 Å². The molecule has 0 unspecified atom stereocenters. The number of anilines is 1. The number of benzene rings is 1. The largest absolute Gasteiger partial charge is 0.332 e. The first kappa shape index (κ1) is 16.0. The van der Waals surface area contributed by atoms with Crippen LogP contribution in [0, 0.1) is 0 Å². The molecule has 1 aromatic heterocycles. The normalized spacial score (nSPS) is 15.4. The van der Waals surface area contributed by atoms with Gasteiger partial charge >= 0.3 is 6.03 Å². The van der Waals surface area contributed by atoms with Crippen LogP contribution in [0.1, 0.15) is 42.9 Å². The molecule has 3 N–H and O–H groups in total. The van der Waals surface area contributed by atoms with Crippen LogP contribution in [0.3, 0.4) is 0 Å². The summed E-state index contributed by atoms with van der Waals surface area (Å²) in [5.41, 5.74) is 2.75. The number of amides is 3. The molecule has 8 heteroatoms. The molecule has 1 aliphatic rings. The third-order valence-corrected chi connectivity index (χ3v) is 4.08. The number of carbonyl (C=O) groups excluding carboxylic acids is 2. The lowest BCUT2D eigenvalue weighted by atomic mass is 10.0. The van der Waals surface area contributed by atoms with Crippen molar-refractivity contribution < 1.29 is 9.59 Å². The van der Waals surface area contributed by atoms with Gasteiger partial charge in [-0.2, -0.15) is 0 Å². The molecule has 1 aromatic carbocycles. The van der Waals surface area contributed by atoms with Crippen molar-refractivity contribution in [2.75, 3.05) is 5.32 Å². The molecule has 126 valence electrons. The van der Waals surface area contributed by atoms with Gasteiger partial charge in [0.25, 0.3) is 0 Å². The standard InChI is InChI=1S/C16H20N6O2/c1-9(11-4-5-13-12(6-11)7-14(23)20-13)18-16(24)19-10(2)15-21-17-8-22(15)3/h4-6,8-10H,7H2,1-3H3,(H,20,23)(H2,18,19,24)/t9-,10+/m0/s1. The quantitative estimate of drug-likeness (QED) is 0.790. The number of hydrogen-bond acceptors (Lipinski definition) is 4. The van der Waals surface area contributed by atoms with Crippen LogP contribution in [0.25, 0.3) is 0 Å². The molecule has 0 aliphatic carbocycles. The summed E-state index contributed by atoms with van der Waals surface area (Å²) in [5, 5.41) is 16.3. The topological polar surface area (TPSA) is 101 Å². The predicted octanol–water partition coefficient (Wildman–Crippen LogP) is 1.43. The van der Waals surface area contributed by atoms with Crippen LogP contribution in [0.5, 0.6) is 0 Å². The molecule has 0 saturated heterocycles. The van der Waals surface area contributed by atoms with Crippen molar-refractivity contribution >= 4 is 17.6 Å². The maximum Gasteiger partial charge on any atom is 0.315 e. The zero-order chi connectivity index (χ0) is 17.3. The molecule has 3 amide bonds. The van der Waals surface area contributed by atoms with E-state index < -0.39 is 0 Å². The molecule has 2 heterocycles. The monoisotopic (exact) mass is 328 g/mol. The van der Waals surface area contributed by atoms with Crippen molar-refractivity contribution in [3.63, 3.8) is 0 Å². The van der Waals surface area contributed by atoms with E-state index in [1.165, 1.54) is 0 Å². The minimum absolute atomic E-state index is 0.00185. The molecule has 24 heavy (non-hydrogen) atoms. The van der Waals surface area contributed by atoms with E-state index in [4.69, 9.17) is 0 Å². The van der Waals surface area contributed by atoms with Gasteiger partial charge in [-0.3, -0.25) is 4.79 Å². The van der Waals surface area contributed by atoms with Gasteiger partial charge in [0.15, 0.2) is 5.82 Å². The zero-order valence-electron chi connectivity index (χ0n) is 13.8. The highest BCUT2D eigenvalue weighted by Gasteiger charge is 2.20. The fourth-order valence-corrected chi connectivity index (χ4v) is 2.79. The number of rotatable bonds is 4. The Kier molecular flexibility index (Phi) is 4.20. The molecule has 2 atom stereocenters. The van der Waals surface area contributed by atoms with Crippen molar-refractivity contribution in [2.24, 2.45) is 7.05 Å². The minimum Gasteiger partial charge on any atom is -0.332 e. The first-order valence-electron chi connectivity index (χ1n) is 7.77. The predicted molar refractivity (Wildman–Crippen MR) is 88.3 cm³/mol. The van der Waals surface area contributed by atoms with Gasteiger partial charge in [0, 0.05) is 12.7 Å². The molecule has 0 fully saturated rings. The first-order chi connectivity index (χ1) is 11.4. The van der Waals surface area contributed by atoms with E-state index in [2.05, 4.69) is 26.1 Å². The van der Waals surface area contributed by atoms with E-state index in [1.807, 2.05) is 39.1 Å². The average molecular weight is 328 g/mol. The fourth-order valence-electron chi connectivity index (χ4n) is 2.79. The van der Waals surface area contributed by atoms with E-state index in [1.54, 1.807) is 10.9 Å². The summed E-state index contributed by atoms with van der Waals surface area (Å²) in [6, 6.07) is 5.00. The van der Waals surface area contributed by atoms with Crippen LogP contribution in [0.4, 0.5) is 10.5 Å². The van der Waals surface area contributed by atoms with E-state index in [0.717, 1.165) is 16.8 Å². The number of fused-ring (bicyclic) bond motifs is 1. The van der Waals surface area contributed by atoms with Crippen LogP contribution in [-0.4, -0.2) is 26.7 Å². The van der Waals surface area contributed by atoms with Crippen molar-refractivity contribution in [3.05, 3.63) is 41.5 Å². The molecule has 3 rings (SSSR count). The van der Waals surface area contributed by atoms with Gasteiger partial charge in [0.1, 0.15) is 6.33 Å². The summed E-state index contributed by atoms with van der Waals surface area (Å²) in [6.07, 6.45) is 1.97. The van der Waals surface area contributed by atoms with Crippen molar-refractivity contribution in [3.8, 4) is 0 Å². The molecule has 0 bridgehead atoms. The number of carbonyl (C=O) groups is 2. The molecule has 2 aromatic rings. The SMILES string of the molecule is C[C@H](NC(=O)N[C@H](C)c1nncn1C)c1ccc2c(c1)CC(=O)N2. The lowest BCUT2D eigenvalue weighted by molar-refractivity contribution is -0.115. The fraction of sp³-hybridized carbons (Fsp3) is 0.375. The van der Waals surface area contributed by atoms with Gasteiger partial charge in [-0.1, -0.05) is 12.1 Å². The molecule has 0 saturated carbocycles. The Morgan fingerprint density at radius 3 is 2.75 bits per heavy atom. The number of urea groups is 1. The zero-order valence-corrected chi connectivity index (χ0v) is 13.8. The highest BCUT2D eigenvalue weighted by Crippen LogP contribution is 2.26. The summed E-state index contributed by atoms with van der Waals surface area (Å²) in [5.74, 6) is 0.679. The van der Waals surface area contributed by atoms with Crippen molar-refractivity contribution in [1.82, 2.24) is 25.4 Å². The van der Waals surface area contributed by atoms with Crippen LogP contribution in [-0.2, 0) is 18.3 Å². The second-order valence-corrected chi connectivity index (χ2v) is 6.00. The van der Waals surface area contributed by atoms with Gasteiger partial charge in [0.05, 0.1) is 18.5 Å². The number of aromatic nitrogens is 3. The maximum absolute atomic E-state index is 12.2. The number of nitrogens with one attached hydrogen (secondary N) is 3. The van der Waals surface area contributed by atoms with Gasteiger partial charge in [-0.15, -0.1) is 10.2 Å². The van der Waals surface area contributed by atoms with Gasteiger partial charge in [-0.05, 0) is 31.0 Å². The Bertz CT molecular complexity index is 785. The highest BCUT2D eigenvalue weighted by molar-refractivity contribution is 5.99. The Balaban J connectivity index is 1.61. The molecule has 0 spiro atoms. The first-order valence-corrected chi connectivity index (χ1v) is 7.77. The molecule has 0 radical (unpaired) electrons. The minimum atomic E-state index is -0.285. The van der Waals surface area contributed by atoms with Gasteiger partial charge in [0.2, 0.25) is 5.91 Å². The Labute approximate surface area is 139 Å². The average Bonchev–Trinajstić information content (AvgIpc) is 3.10. The number of aryl methyl sites for hydroxylation is 1. The molecule has 8 nitrogen and oxygen atoms in total. The smallest absolute Gasteiger partial charge is 0.315 e. The second-order valence-electron chi connectivity index (χ2n) is 6.00. The van der Waals surface area contributed by atoms with Gasteiger partial charge < -0.3 is 20.5 Å². The summed E-state index contributed by atoms with van der Waals surface area (Å²) in [7, 11) is 1.83. The molecule has 1 aliphatic heterocycles. The summed E-state index contributed by atoms with van der Waals surface area (Å²) in [4.78, 5) is 23.6. The van der Waals surface area contributed by atoms with E-state index in [0.29, 0.717) is 12.2 Å². The van der Waals surface area contributed by atoms with Crippen molar-refractivity contribution in [2.45, 2.75) is 32.4 Å². The Hall–Kier alpha value is -2.90. The van der Waals surface area contributed by atoms with E-state index in [9.17, 15) is 9.59 Å². The number of hydrogen-bond donors (Lipinski definition) is 3. The molecular weight excluding hydrogens is 308 g/mol. The van der Waals surface area contributed by atoms with Crippen LogP contribution < -0.4 is 16.0 Å². The third kappa shape index (κ3) is 3.22. The highest BCUT2D eigenvalue weighted by atomic mass is 16.2. The summed E-state index contributed by atoms with van der Waals surface area (Å²) >= 11 is 0. The van der Waals surface area contributed by atoms with Crippen molar-refractivity contribution in [1.29, 1.82) is 0 Å².